The first-order chi connectivity index (χ1) is 9.74. The van der Waals surface area contributed by atoms with E-state index in [0.29, 0.717) is 12.5 Å². The Bertz CT molecular complexity index is 581. The van der Waals surface area contributed by atoms with Gasteiger partial charge in [0.15, 0.2) is 5.82 Å². The number of morpholine rings is 1. The summed E-state index contributed by atoms with van der Waals surface area (Å²) in [5, 5.41) is 14.5. The van der Waals surface area contributed by atoms with Gasteiger partial charge in [-0.3, -0.25) is 0 Å². The van der Waals surface area contributed by atoms with Crippen LogP contribution in [-0.2, 0) is 4.74 Å². The van der Waals surface area contributed by atoms with Gasteiger partial charge in [0.25, 0.3) is 0 Å². The van der Waals surface area contributed by atoms with Gasteiger partial charge in [-0.15, -0.1) is 11.3 Å². The lowest BCUT2D eigenvalue weighted by Crippen LogP contribution is -2.37. The Labute approximate surface area is 121 Å². The lowest BCUT2D eigenvalue weighted by Gasteiger charge is -2.28. The highest BCUT2D eigenvalue weighted by atomic mass is 32.1. The summed E-state index contributed by atoms with van der Waals surface area (Å²) >= 11 is 1.66. The molecule has 0 saturated carbocycles. The number of aliphatic hydroxyl groups is 1. The summed E-state index contributed by atoms with van der Waals surface area (Å²) in [5.41, 5.74) is 0.944. The van der Waals surface area contributed by atoms with Gasteiger partial charge in [-0.25, -0.2) is 4.98 Å². The molecular formula is C13H18N4O2S. The number of hydrogen-bond acceptors (Lipinski definition) is 7. The van der Waals surface area contributed by atoms with Crippen LogP contribution in [0.25, 0.3) is 10.2 Å². The number of hydrogen-bond donors (Lipinski definition) is 2. The van der Waals surface area contributed by atoms with Crippen molar-refractivity contribution in [2.75, 3.05) is 43.1 Å². The van der Waals surface area contributed by atoms with Crippen molar-refractivity contribution in [2.45, 2.75) is 13.0 Å². The molecule has 0 aliphatic carbocycles. The topological polar surface area (TPSA) is 70.5 Å². The van der Waals surface area contributed by atoms with E-state index in [1.54, 1.807) is 18.3 Å². The molecule has 3 heterocycles. The van der Waals surface area contributed by atoms with Crippen LogP contribution >= 0.6 is 11.3 Å². The number of thiophene rings is 1. The Balaban J connectivity index is 1.93. The molecule has 0 aromatic carbocycles. The third-order valence-corrected chi connectivity index (χ3v) is 4.05. The minimum absolute atomic E-state index is 0.427. The molecule has 1 saturated heterocycles. The van der Waals surface area contributed by atoms with Crippen molar-refractivity contribution in [3.8, 4) is 0 Å². The molecule has 1 unspecified atom stereocenters. The van der Waals surface area contributed by atoms with Crippen LogP contribution in [0.2, 0.25) is 0 Å². The predicted molar refractivity (Wildman–Crippen MR) is 80.6 cm³/mol. The second kappa shape index (κ2) is 5.90. The quantitative estimate of drug-likeness (QED) is 0.886. The molecule has 6 nitrogen and oxygen atoms in total. The monoisotopic (exact) mass is 294 g/mol. The van der Waals surface area contributed by atoms with Gasteiger partial charge in [-0.1, -0.05) is 0 Å². The molecule has 0 bridgehead atoms. The van der Waals surface area contributed by atoms with Crippen LogP contribution < -0.4 is 10.2 Å². The number of anilines is 2. The lowest BCUT2D eigenvalue weighted by atomic mass is 10.3. The highest BCUT2D eigenvalue weighted by molar-refractivity contribution is 7.17. The number of rotatable bonds is 4. The molecule has 3 rings (SSSR count). The maximum absolute atomic E-state index is 9.36. The van der Waals surface area contributed by atoms with Crippen molar-refractivity contribution in [2.24, 2.45) is 0 Å². The third-order valence-electron chi connectivity index (χ3n) is 3.15. The van der Waals surface area contributed by atoms with Crippen molar-refractivity contribution in [3.63, 3.8) is 0 Å². The van der Waals surface area contributed by atoms with E-state index in [-0.39, 0.29) is 0 Å². The predicted octanol–water partition coefficient (Wildman–Crippen LogP) is 1.32. The molecule has 2 N–H and O–H groups in total. The number of nitrogens with one attached hydrogen (secondary N) is 1. The smallest absolute Gasteiger partial charge is 0.225 e. The largest absolute Gasteiger partial charge is 0.392 e. The zero-order valence-electron chi connectivity index (χ0n) is 11.4. The van der Waals surface area contributed by atoms with Gasteiger partial charge >= 0.3 is 0 Å². The molecule has 1 atom stereocenters. The summed E-state index contributed by atoms with van der Waals surface area (Å²) < 4.78 is 6.50. The summed E-state index contributed by atoms with van der Waals surface area (Å²) in [6.45, 7) is 5.33. The van der Waals surface area contributed by atoms with E-state index >= 15 is 0 Å². The van der Waals surface area contributed by atoms with Crippen LogP contribution in [0.15, 0.2) is 11.4 Å². The van der Waals surface area contributed by atoms with Crippen molar-refractivity contribution >= 4 is 33.3 Å². The molecule has 1 aliphatic heterocycles. The van der Waals surface area contributed by atoms with Crippen LogP contribution in [0, 0.1) is 0 Å². The van der Waals surface area contributed by atoms with Crippen LogP contribution in [-0.4, -0.2) is 54.0 Å². The molecule has 0 radical (unpaired) electrons. The van der Waals surface area contributed by atoms with Gasteiger partial charge in [0.1, 0.15) is 0 Å². The van der Waals surface area contributed by atoms with E-state index in [2.05, 4.69) is 20.2 Å². The Hall–Kier alpha value is -1.44. The Kier molecular flexibility index (Phi) is 4.00. The van der Waals surface area contributed by atoms with E-state index < -0.39 is 6.10 Å². The van der Waals surface area contributed by atoms with E-state index in [1.807, 2.05) is 11.4 Å². The molecule has 2 aromatic heterocycles. The van der Waals surface area contributed by atoms with Gasteiger partial charge in [-0.2, -0.15) is 4.98 Å². The van der Waals surface area contributed by atoms with E-state index in [9.17, 15) is 5.11 Å². The van der Waals surface area contributed by atoms with Crippen LogP contribution in [0.4, 0.5) is 11.8 Å². The van der Waals surface area contributed by atoms with Crippen molar-refractivity contribution in [3.05, 3.63) is 11.4 Å². The SMILES string of the molecule is CC(O)CNc1nc(N2CCOCC2)c2sccc2n1. The highest BCUT2D eigenvalue weighted by Gasteiger charge is 2.18. The summed E-state index contributed by atoms with van der Waals surface area (Å²) in [6, 6.07) is 2.00. The standard InChI is InChI=1S/C13H18N4O2S/c1-9(18)8-14-13-15-10-2-7-20-11(10)12(16-13)17-3-5-19-6-4-17/h2,7,9,18H,3-6,8H2,1H3,(H,14,15,16). The molecule has 1 fully saturated rings. The van der Waals surface area contributed by atoms with Gasteiger partial charge in [0.05, 0.1) is 29.5 Å². The number of aliphatic hydroxyl groups excluding tert-OH is 1. The van der Waals surface area contributed by atoms with Gasteiger partial charge in [-0.05, 0) is 18.4 Å². The Morgan fingerprint density at radius 3 is 3.00 bits per heavy atom. The van der Waals surface area contributed by atoms with Gasteiger partial charge < -0.3 is 20.1 Å². The van der Waals surface area contributed by atoms with Crippen molar-refractivity contribution < 1.29 is 9.84 Å². The van der Waals surface area contributed by atoms with E-state index in [0.717, 1.165) is 42.3 Å². The van der Waals surface area contributed by atoms with E-state index in [4.69, 9.17) is 4.74 Å². The normalized spacial score (nSPS) is 17.4. The molecule has 108 valence electrons. The first-order valence-corrected chi connectivity index (χ1v) is 7.62. The number of nitrogens with zero attached hydrogens (tertiary/aromatic N) is 3. The fourth-order valence-corrected chi connectivity index (χ4v) is 3.00. The van der Waals surface area contributed by atoms with Crippen LogP contribution in [0.1, 0.15) is 6.92 Å². The Morgan fingerprint density at radius 1 is 1.45 bits per heavy atom. The zero-order chi connectivity index (χ0) is 13.9. The van der Waals surface area contributed by atoms with Crippen molar-refractivity contribution in [1.82, 2.24) is 9.97 Å². The highest BCUT2D eigenvalue weighted by Crippen LogP contribution is 2.30. The molecule has 0 amide bonds. The second-order valence-corrected chi connectivity index (χ2v) is 5.75. The number of aromatic nitrogens is 2. The summed E-state index contributed by atoms with van der Waals surface area (Å²) in [4.78, 5) is 11.3. The molecule has 20 heavy (non-hydrogen) atoms. The zero-order valence-corrected chi connectivity index (χ0v) is 12.2. The van der Waals surface area contributed by atoms with Gasteiger partial charge in [0.2, 0.25) is 5.95 Å². The molecule has 0 spiro atoms. The van der Waals surface area contributed by atoms with Crippen LogP contribution in [0.3, 0.4) is 0 Å². The second-order valence-electron chi connectivity index (χ2n) is 4.84. The maximum atomic E-state index is 9.36. The lowest BCUT2D eigenvalue weighted by molar-refractivity contribution is 0.122. The minimum Gasteiger partial charge on any atom is -0.392 e. The fraction of sp³-hybridized carbons (Fsp3) is 0.538. The molecular weight excluding hydrogens is 276 g/mol. The Morgan fingerprint density at radius 2 is 2.25 bits per heavy atom. The first kappa shape index (κ1) is 13.5. The third kappa shape index (κ3) is 2.84. The van der Waals surface area contributed by atoms with Crippen molar-refractivity contribution in [1.29, 1.82) is 0 Å². The maximum Gasteiger partial charge on any atom is 0.225 e. The average Bonchev–Trinajstić information content (AvgIpc) is 2.93. The first-order valence-electron chi connectivity index (χ1n) is 6.74. The molecule has 1 aliphatic rings. The fourth-order valence-electron chi connectivity index (χ4n) is 2.16. The summed E-state index contributed by atoms with van der Waals surface area (Å²) in [5.74, 6) is 1.53. The van der Waals surface area contributed by atoms with E-state index in [1.165, 1.54) is 0 Å². The number of fused-ring (bicyclic) bond motifs is 1. The molecule has 7 heteroatoms. The minimum atomic E-state index is -0.427. The summed E-state index contributed by atoms with van der Waals surface area (Å²) in [6.07, 6.45) is -0.427. The number of ether oxygens (including phenoxy) is 1. The van der Waals surface area contributed by atoms with Gasteiger partial charge in [0, 0.05) is 19.6 Å². The molecule has 2 aromatic rings. The average molecular weight is 294 g/mol. The summed E-state index contributed by atoms with van der Waals surface area (Å²) in [7, 11) is 0. The van der Waals surface area contributed by atoms with Crippen LogP contribution in [0.5, 0.6) is 0 Å².